The monoisotopic (exact) mass is 207 g/mol. The van der Waals surface area contributed by atoms with Crippen molar-refractivity contribution in [1.82, 2.24) is 0 Å². The first-order valence-electron chi connectivity index (χ1n) is 5.52. The van der Waals surface area contributed by atoms with Crippen LogP contribution in [0.5, 0.6) is 5.75 Å². The van der Waals surface area contributed by atoms with Gasteiger partial charge in [-0.15, -0.1) is 0 Å². The van der Waals surface area contributed by atoms with Crippen LogP contribution in [-0.2, 0) is 0 Å². The van der Waals surface area contributed by atoms with Crippen LogP contribution in [0.2, 0.25) is 0 Å². The smallest absolute Gasteiger partial charge is 0.142 e. The summed E-state index contributed by atoms with van der Waals surface area (Å²) in [5.41, 5.74) is 7.77. The van der Waals surface area contributed by atoms with Crippen molar-refractivity contribution < 1.29 is 4.74 Å². The van der Waals surface area contributed by atoms with Gasteiger partial charge in [0, 0.05) is 0 Å². The Labute approximate surface area is 92.4 Å². The van der Waals surface area contributed by atoms with E-state index in [1.54, 1.807) is 0 Å². The summed E-state index contributed by atoms with van der Waals surface area (Å²) < 4.78 is 5.81. The zero-order valence-electron chi connectivity index (χ0n) is 10.1. The van der Waals surface area contributed by atoms with Crippen molar-refractivity contribution in [3.8, 4) is 5.75 Å². The topological polar surface area (TPSA) is 35.2 Å². The molecule has 1 aromatic rings. The number of nitrogen functional groups attached to an aromatic ring is 1. The Morgan fingerprint density at radius 1 is 1.27 bits per heavy atom. The molecular formula is C13H21NO. The fraction of sp³-hybridized carbons (Fsp3) is 0.538. The molecule has 0 saturated heterocycles. The lowest BCUT2D eigenvalue weighted by Crippen LogP contribution is -2.15. The van der Waals surface area contributed by atoms with E-state index >= 15 is 0 Å². The van der Waals surface area contributed by atoms with Gasteiger partial charge in [-0.2, -0.15) is 0 Å². The number of rotatable bonds is 4. The van der Waals surface area contributed by atoms with Gasteiger partial charge in [0.1, 0.15) is 5.75 Å². The second kappa shape index (κ2) is 5.06. The van der Waals surface area contributed by atoms with Gasteiger partial charge < -0.3 is 10.5 Å². The average molecular weight is 207 g/mol. The summed E-state index contributed by atoms with van der Waals surface area (Å²) in [5, 5.41) is 0. The normalized spacial score (nSPS) is 12.9. The van der Waals surface area contributed by atoms with Gasteiger partial charge in [-0.25, -0.2) is 0 Å². The molecule has 1 atom stereocenters. The average Bonchev–Trinajstić information content (AvgIpc) is 2.11. The molecule has 0 aliphatic carbocycles. The van der Waals surface area contributed by atoms with Gasteiger partial charge in [-0.3, -0.25) is 0 Å². The van der Waals surface area contributed by atoms with Gasteiger partial charge in [0.05, 0.1) is 11.8 Å². The standard InChI is InChI=1S/C13H21NO/c1-9(2)8-11(4)15-12-7-5-6-10(3)13(12)14/h5-7,9,11H,8,14H2,1-4H3. The molecule has 2 nitrogen and oxygen atoms in total. The highest BCUT2D eigenvalue weighted by atomic mass is 16.5. The highest BCUT2D eigenvalue weighted by Gasteiger charge is 2.09. The number of nitrogens with two attached hydrogens (primary N) is 1. The Morgan fingerprint density at radius 2 is 1.93 bits per heavy atom. The van der Waals surface area contributed by atoms with Crippen LogP contribution in [0.15, 0.2) is 18.2 Å². The van der Waals surface area contributed by atoms with Crippen LogP contribution in [0.4, 0.5) is 5.69 Å². The lowest BCUT2D eigenvalue weighted by molar-refractivity contribution is 0.194. The van der Waals surface area contributed by atoms with Crippen LogP contribution < -0.4 is 10.5 Å². The quantitative estimate of drug-likeness (QED) is 0.768. The molecule has 0 radical (unpaired) electrons. The zero-order valence-corrected chi connectivity index (χ0v) is 10.1. The fourth-order valence-electron chi connectivity index (χ4n) is 1.69. The van der Waals surface area contributed by atoms with Gasteiger partial charge in [-0.05, 0) is 37.8 Å². The summed E-state index contributed by atoms with van der Waals surface area (Å²) in [6.45, 7) is 8.47. The molecule has 1 rings (SSSR count). The second-order valence-electron chi connectivity index (χ2n) is 4.54. The van der Waals surface area contributed by atoms with E-state index in [0.717, 1.165) is 23.4 Å². The van der Waals surface area contributed by atoms with Gasteiger partial charge in [0.25, 0.3) is 0 Å². The van der Waals surface area contributed by atoms with Crippen LogP contribution in [-0.4, -0.2) is 6.10 Å². The second-order valence-corrected chi connectivity index (χ2v) is 4.54. The molecule has 1 aromatic carbocycles. The van der Waals surface area contributed by atoms with E-state index in [4.69, 9.17) is 10.5 Å². The van der Waals surface area contributed by atoms with Gasteiger partial charge in [-0.1, -0.05) is 26.0 Å². The van der Waals surface area contributed by atoms with E-state index in [9.17, 15) is 0 Å². The number of aryl methyl sites for hydroxylation is 1. The molecule has 2 N–H and O–H groups in total. The van der Waals surface area contributed by atoms with Crippen molar-refractivity contribution in [2.75, 3.05) is 5.73 Å². The highest BCUT2D eigenvalue weighted by Crippen LogP contribution is 2.26. The third kappa shape index (κ3) is 3.46. The summed E-state index contributed by atoms with van der Waals surface area (Å²) in [5.74, 6) is 1.45. The van der Waals surface area contributed by atoms with E-state index in [1.807, 2.05) is 25.1 Å². The van der Waals surface area contributed by atoms with Gasteiger partial charge in [0.2, 0.25) is 0 Å². The maximum absolute atomic E-state index is 5.94. The summed E-state index contributed by atoms with van der Waals surface area (Å²) in [6, 6.07) is 5.90. The van der Waals surface area contributed by atoms with E-state index in [-0.39, 0.29) is 6.10 Å². The third-order valence-corrected chi connectivity index (χ3v) is 2.42. The van der Waals surface area contributed by atoms with Crippen LogP contribution >= 0.6 is 0 Å². The van der Waals surface area contributed by atoms with E-state index in [1.165, 1.54) is 0 Å². The van der Waals surface area contributed by atoms with Gasteiger partial charge >= 0.3 is 0 Å². The number of hydrogen-bond donors (Lipinski definition) is 1. The number of ether oxygens (including phenoxy) is 1. The van der Waals surface area contributed by atoms with Crippen molar-refractivity contribution >= 4 is 5.69 Å². The summed E-state index contributed by atoms with van der Waals surface area (Å²) >= 11 is 0. The lowest BCUT2D eigenvalue weighted by atomic mass is 10.1. The molecular weight excluding hydrogens is 186 g/mol. The van der Waals surface area contributed by atoms with Crippen molar-refractivity contribution in [3.05, 3.63) is 23.8 Å². The summed E-state index contributed by atoms with van der Waals surface area (Å²) in [6.07, 6.45) is 1.27. The number of hydrogen-bond acceptors (Lipinski definition) is 2. The minimum atomic E-state index is 0.217. The molecule has 0 spiro atoms. The van der Waals surface area contributed by atoms with Crippen LogP contribution in [0, 0.1) is 12.8 Å². The van der Waals surface area contributed by atoms with Crippen LogP contribution in [0.3, 0.4) is 0 Å². The SMILES string of the molecule is Cc1cccc(OC(C)CC(C)C)c1N. The molecule has 0 aromatic heterocycles. The highest BCUT2D eigenvalue weighted by molar-refractivity contribution is 5.57. The summed E-state index contributed by atoms with van der Waals surface area (Å²) in [4.78, 5) is 0. The Hall–Kier alpha value is -1.18. The molecule has 0 aliphatic rings. The van der Waals surface area contributed by atoms with Crippen molar-refractivity contribution in [2.24, 2.45) is 5.92 Å². The number of benzene rings is 1. The van der Waals surface area contributed by atoms with E-state index in [0.29, 0.717) is 5.92 Å². The molecule has 0 bridgehead atoms. The van der Waals surface area contributed by atoms with Crippen molar-refractivity contribution in [2.45, 2.75) is 40.2 Å². The van der Waals surface area contributed by atoms with Crippen molar-refractivity contribution in [3.63, 3.8) is 0 Å². The molecule has 0 heterocycles. The van der Waals surface area contributed by atoms with Crippen LogP contribution in [0.25, 0.3) is 0 Å². The predicted molar refractivity (Wildman–Crippen MR) is 65.1 cm³/mol. The van der Waals surface area contributed by atoms with E-state index in [2.05, 4.69) is 20.8 Å². The Morgan fingerprint density at radius 3 is 2.53 bits per heavy atom. The molecule has 15 heavy (non-hydrogen) atoms. The first-order valence-corrected chi connectivity index (χ1v) is 5.52. The maximum Gasteiger partial charge on any atom is 0.142 e. The minimum Gasteiger partial charge on any atom is -0.489 e. The Balaban J connectivity index is 2.68. The summed E-state index contributed by atoms with van der Waals surface area (Å²) in [7, 11) is 0. The maximum atomic E-state index is 5.94. The molecule has 0 aliphatic heterocycles. The molecule has 0 fully saturated rings. The fourth-order valence-corrected chi connectivity index (χ4v) is 1.69. The van der Waals surface area contributed by atoms with Crippen LogP contribution in [0.1, 0.15) is 32.8 Å². The number of para-hydroxylation sites is 1. The predicted octanol–water partition coefficient (Wildman–Crippen LogP) is 3.39. The first-order chi connectivity index (χ1) is 7.00. The minimum absolute atomic E-state index is 0.217. The molecule has 84 valence electrons. The third-order valence-electron chi connectivity index (χ3n) is 2.42. The molecule has 2 heteroatoms. The largest absolute Gasteiger partial charge is 0.489 e. The van der Waals surface area contributed by atoms with Gasteiger partial charge in [0.15, 0.2) is 0 Å². The van der Waals surface area contributed by atoms with E-state index < -0.39 is 0 Å². The molecule has 0 saturated carbocycles. The number of anilines is 1. The Bertz CT molecular complexity index is 320. The molecule has 0 amide bonds. The lowest BCUT2D eigenvalue weighted by Gasteiger charge is -2.18. The zero-order chi connectivity index (χ0) is 11.4. The first kappa shape index (κ1) is 11.9. The Kier molecular flexibility index (Phi) is 4.01. The molecule has 1 unspecified atom stereocenters. The van der Waals surface area contributed by atoms with Crippen molar-refractivity contribution in [1.29, 1.82) is 0 Å².